The normalized spacial score (nSPS) is 14.6. The number of amides is 1. The Kier molecular flexibility index (Phi) is 6.02. The number of nitrogens with zero attached hydrogens (tertiary/aromatic N) is 2. The lowest BCUT2D eigenvalue weighted by molar-refractivity contribution is -0.137. The molecule has 5 heteroatoms. The average molecular weight is 352 g/mol. The molecule has 0 atom stereocenters. The molecule has 0 aliphatic carbocycles. The molecule has 1 heterocycles. The SMILES string of the molecule is Cc1ccc(N=Cc2ccc(OCC(=O)N3CCOCC3)cc2)cc1C. The van der Waals surface area contributed by atoms with E-state index in [2.05, 4.69) is 31.0 Å². The van der Waals surface area contributed by atoms with Crippen LogP contribution in [-0.4, -0.2) is 49.9 Å². The molecule has 0 radical (unpaired) electrons. The second-order valence-corrected chi connectivity index (χ2v) is 6.38. The minimum atomic E-state index is -0.00585. The van der Waals surface area contributed by atoms with Crippen molar-refractivity contribution >= 4 is 17.8 Å². The fraction of sp³-hybridized carbons (Fsp3) is 0.333. The van der Waals surface area contributed by atoms with Gasteiger partial charge in [-0.05, 0) is 66.9 Å². The summed E-state index contributed by atoms with van der Waals surface area (Å²) < 4.78 is 10.8. The van der Waals surface area contributed by atoms with Crippen LogP contribution in [0.3, 0.4) is 0 Å². The van der Waals surface area contributed by atoms with Crippen molar-refractivity contribution in [1.29, 1.82) is 0 Å². The summed E-state index contributed by atoms with van der Waals surface area (Å²) in [7, 11) is 0. The van der Waals surface area contributed by atoms with Crippen molar-refractivity contribution in [1.82, 2.24) is 4.90 Å². The first-order valence-electron chi connectivity index (χ1n) is 8.81. The molecule has 1 amide bonds. The summed E-state index contributed by atoms with van der Waals surface area (Å²) in [5.74, 6) is 0.670. The van der Waals surface area contributed by atoms with Gasteiger partial charge in [-0.15, -0.1) is 0 Å². The van der Waals surface area contributed by atoms with Crippen molar-refractivity contribution < 1.29 is 14.3 Å². The van der Waals surface area contributed by atoms with Crippen molar-refractivity contribution in [2.24, 2.45) is 4.99 Å². The predicted octanol–water partition coefficient (Wildman–Crippen LogP) is 3.29. The number of benzene rings is 2. The van der Waals surface area contributed by atoms with Crippen LogP contribution in [0.15, 0.2) is 47.5 Å². The van der Waals surface area contributed by atoms with Crippen LogP contribution in [0.25, 0.3) is 0 Å². The number of aliphatic imine (C=N–C) groups is 1. The van der Waals surface area contributed by atoms with Crippen molar-refractivity contribution in [3.63, 3.8) is 0 Å². The number of carbonyl (C=O) groups excluding carboxylic acids is 1. The van der Waals surface area contributed by atoms with E-state index >= 15 is 0 Å². The Morgan fingerprint density at radius 2 is 1.85 bits per heavy atom. The minimum Gasteiger partial charge on any atom is -0.484 e. The molecule has 2 aromatic rings. The number of aryl methyl sites for hydroxylation is 2. The third-order valence-corrected chi connectivity index (χ3v) is 4.46. The fourth-order valence-electron chi connectivity index (χ4n) is 2.65. The maximum absolute atomic E-state index is 12.1. The summed E-state index contributed by atoms with van der Waals surface area (Å²) in [4.78, 5) is 18.4. The summed E-state index contributed by atoms with van der Waals surface area (Å²) in [6.45, 7) is 6.69. The number of hydrogen-bond acceptors (Lipinski definition) is 4. The van der Waals surface area contributed by atoms with E-state index < -0.39 is 0 Å². The summed E-state index contributed by atoms with van der Waals surface area (Å²) >= 11 is 0. The lowest BCUT2D eigenvalue weighted by Gasteiger charge is -2.26. The zero-order valence-corrected chi connectivity index (χ0v) is 15.3. The number of rotatable bonds is 5. The van der Waals surface area contributed by atoms with Crippen molar-refractivity contribution in [3.05, 3.63) is 59.2 Å². The maximum Gasteiger partial charge on any atom is 0.260 e. The summed E-state index contributed by atoms with van der Waals surface area (Å²) in [5, 5.41) is 0. The van der Waals surface area contributed by atoms with Gasteiger partial charge in [0.1, 0.15) is 5.75 Å². The highest BCUT2D eigenvalue weighted by Crippen LogP contribution is 2.17. The second-order valence-electron chi connectivity index (χ2n) is 6.38. The molecule has 5 nitrogen and oxygen atoms in total. The molecule has 1 aliphatic heterocycles. The zero-order valence-electron chi connectivity index (χ0n) is 15.3. The van der Waals surface area contributed by atoms with Gasteiger partial charge in [0, 0.05) is 19.3 Å². The minimum absolute atomic E-state index is 0.00585. The highest BCUT2D eigenvalue weighted by atomic mass is 16.5. The molecule has 26 heavy (non-hydrogen) atoms. The van der Waals surface area contributed by atoms with Crippen molar-refractivity contribution in [3.8, 4) is 5.75 Å². The highest BCUT2D eigenvalue weighted by molar-refractivity contribution is 5.82. The highest BCUT2D eigenvalue weighted by Gasteiger charge is 2.16. The molecule has 1 saturated heterocycles. The van der Waals surface area contributed by atoms with Crippen LogP contribution in [0, 0.1) is 13.8 Å². The smallest absolute Gasteiger partial charge is 0.260 e. The fourth-order valence-corrected chi connectivity index (χ4v) is 2.65. The average Bonchev–Trinajstić information content (AvgIpc) is 2.68. The molecule has 0 aromatic heterocycles. The zero-order chi connectivity index (χ0) is 18.4. The summed E-state index contributed by atoms with van der Waals surface area (Å²) in [6, 6.07) is 13.7. The van der Waals surface area contributed by atoms with Gasteiger partial charge in [-0.1, -0.05) is 6.07 Å². The van der Waals surface area contributed by atoms with Crippen molar-refractivity contribution in [2.75, 3.05) is 32.9 Å². The quantitative estimate of drug-likeness (QED) is 0.776. The van der Waals surface area contributed by atoms with Crippen LogP contribution in [-0.2, 0) is 9.53 Å². The lowest BCUT2D eigenvalue weighted by atomic mass is 10.1. The van der Waals surface area contributed by atoms with Crippen LogP contribution >= 0.6 is 0 Å². The molecule has 3 rings (SSSR count). The van der Waals surface area contributed by atoms with E-state index in [-0.39, 0.29) is 12.5 Å². The Morgan fingerprint density at radius 3 is 2.54 bits per heavy atom. The number of ether oxygens (including phenoxy) is 2. The molecule has 0 saturated carbocycles. The first-order chi connectivity index (χ1) is 12.6. The van der Waals surface area contributed by atoms with E-state index in [4.69, 9.17) is 9.47 Å². The van der Waals surface area contributed by atoms with Gasteiger partial charge in [-0.2, -0.15) is 0 Å². The third-order valence-electron chi connectivity index (χ3n) is 4.46. The lowest BCUT2D eigenvalue weighted by Crippen LogP contribution is -2.42. The second kappa shape index (κ2) is 8.63. The monoisotopic (exact) mass is 352 g/mol. The van der Waals surface area contributed by atoms with Gasteiger partial charge in [0.05, 0.1) is 18.9 Å². The van der Waals surface area contributed by atoms with Gasteiger partial charge >= 0.3 is 0 Å². The first-order valence-corrected chi connectivity index (χ1v) is 8.81. The van der Waals surface area contributed by atoms with Gasteiger partial charge in [0.2, 0.25) is 0 Å². The van der Waals surface area contributed by atoms with E-state index in [1.807, 2.05) is 36.5 Å². The number of carbonyl (C=O) groups is 1. The number of hydrogen-bond donors (Lipinski definition) is 0. The van der Waals surface area contributed by atoms with Crippen LogP contribution in [0.4, 0.5) is 5.69 Å². The van der Waals surface area contributed by atoms with E-state index in [0.717, 1.165) is 11.3 Å². The van der Waals surface area contributed by atoms with E-state index in [1.165, 1.54) is 11.1 Å². The third kappa shape index (κ3) is 4.92. The molecule has 1 aliphatic rings. The van der Waals surface area contributed by atoms with Gasteiger partial charge in [-0.25, -0.2) is 0 Å². The molecular weight excluding hydrogens is 328 g/mol. The Bertz CT molecular complexity index is 778. The van der Waals surface area contributed by atoms with E-state index in [1.54, 1.807) is 4.90 Å². The first kappa shape index (κ1) is 18.1. The van der Waals surface area contributed by atoms with Crippen LogP contribution in [0.5, 0.6) is 5.75 Å². The van der Waals surface area contributed by atoms with Crippen LogP contribution in [0.1, 0.15) is 16.7 Å². The Balaban J connectivity index is 1.53. The standard InChI is InChI=1S/C21H24N2O3/c1-16-3-6-19(13-17(16)2)22-14-18-4-7-20(8-5-18)26-15-21(24)23-9-11-25-12-10-23/h3-8,13-14H,9-12,15H2,1-2H3. The maximum atomic E-state index is 12.1. The molecule has 1 fully saturated rings. The number of morpholine rings is 1. The van der Waals surface area contributed by atoms with Gasteiger partial charge in [-0.3, -0.25) is 9.79 Å². The van der Waals surface area contributed by atoms with Crippen LogP contribution < -0.4 is 4.74 Å². The molecule has 0 unspecified atom stereocenters. The molecule has 0 bridgehead atoms. The largest absolute Gasteiger partial charge is 0.484 e. The Hall–Kier alpha value is -2.66. The molecule has 0 N–H and O–H groups in total. The van der Waals surface area contributed by atoms with Gasteiger partial charge < -0.3 is 14.4 Å². The van der Waals surface area contributed by atoms with Gasteiger partial charge in [0.25, 0.3) is 5.91 Å². The summed E-state index contributed by atoms with van der Waals surface area (Å²) in [6.07, 6.45) is 1.83. The molecule has 136 valence electrons. The van der Waals surface area contributed by atoms with E-state index in [9.17, 15) is 4.79 Å². The van der Waals surface area contributed by atoms with E-state index in [0.29, 0.717) is 32.1 Å². The van der Waals surface area contributed by atoms with Gasteiger partial charge in [0.15, 0.2) is 6.61 Å². The topological polar surface area (TPSA) is 51.1 Å². The Labute approximate surface area is 154 Å². The molecule has 0 spiro atoms. The summed E-state index contributed by atoms with van der Waals surface area (Å²) in [5.41, 5.74) is 4.41. The molecule has 2 aromatic carbocycles. The predicted molar refractivity (Wildman–Crippen MR) is 103 cm³/mol. The Morgan fingerprint density at radius 1 is 1.12 bits per heavy atom. The molecular formula is C21H24N2O3. The van der Waals surface area contributed by atoms with Crippen LogP contribution in [0.2, 0.25) is 0 Å². The van der Waals surface area contributed by atoms with Crippen molar-refractivity contribution in [2.45, 2.75) is 13.8 Å².